The average Bonchev–Trinajstić information content (AvgIpc) is 2.19. The molecule has 3 N–H and O–H groups in total. The molecule has 1 aromatic carbocycles. The Morgan fingerprint density at radius 1 is 1.56 bits per heavy atom. The van der Waals surface area contributed by atoms with E-state index in [1.54, 1.807) is 19.9 Å². The first-order chi connectivity index (χ1) is 7.44. The van der Waals surface area contributed by atoms with Crippen LogP contribution in [-0.4, -0.2) is 17.3 Å². The number of hydrogen-bond donors (Lipinski definition) is 2. The highest BCUT2D eigenvalue weighted by atomic mass is 19.1. The smallest absolute Gasteiger partial charge is 0.170 e. The van der Waals surface area contributed by atoms with Crippen molar-refractivity contribution in [1.29, 1.82) is 0 Å². The number of hydrogen-bond acceptors (Lipinski definition) is 3. The number of aliphatic hydroxyl groups is 1. The van der Waals surface area contributed by atoms with Crippen LogP contribution >= 0.6 is 0 Å². The average molecular weight is 226 g/mol. The predicted octanol–water partition coefficient (Wildman–Crippen LogP) is 1.62. The summed E-state index contributed by atoms with van der Waals surface area (Å²) in [5, 5.41) is 9.47. The first-order valence-corrected chi connectivity index (χ1v) is 5.18. The van der Waals surface area contributed by atoms with E-state index in [0.29, 0.717) is 12.0 Å². The van der Waals surface area contributed by atoms with Crippen LogP contribution in [0.3, 0.4) is 0 Å². The molecule has 16 heavy (non-hydrogen) atoms. The minimum Gasteiger partial charge on any atom is -0.490 e. The topological polar surface area (TPSA) is 55.5 Å². The molecule has 89 valence electrons. The second-order valence-electron chi connectivity index (χ2n) is 4.25. The Balaban J connectivity index is 2.61. The third kappa shape index (κ3) is 3.79. The summed E-state index contributed by atoms with van der Waals surface area (Å²) >= 11 is 0. The maximum Gasteiger partial charge on any atom is 0.170 e. The zero-order valence-corrected chi connectivity index (χ0v) is 9.59. The van der Waals surface area contributed by atoms with Crippen molar-refractivity contribution in [3.8, 4) is 5.75 Å². The lowest BCUT2D eigenvalue weighted by Crippen LogP contribution is -2.22. The van der Waals surface area contributed by atoms with Crippen LogP contribution in [0.1, 0.15) is 25.8 Å². The molecule has 0 aliphatic carbocycles. The Hall–Kier alpha value is -1.13. The normalized spacial score (nSPS) is 11.6. The lowest BCUT2D eigenvalue weighted by atomic mass is 10.1. The number of nitrogens with two attached hydrogens (primary N) is 1. The molecule has 0 amide bonds. The monoisotopic (exact) mass is 226 g/mol. The molecule has 0 aliphatic rings. The van der Waals surface area contributed by atoms with Gasteiger partial charge in [-0.2, -0.15) is 0 Å². The third-order valence-electron chi connectivity index (χ3n) is 2.15. The van der Waals surface area contributed by atoms with Crippen molar-refractivity contribution in [3.63, 3.8) is 0 Å². The fourth-order valence-electron chi connectivity index (χ4n) is 1.17. The van der Waals surface area contributed by atoms with E-state index in [0.717, 1.165) is 0 Å². The Labute approximate surface area is 95.0 Å². The van der Waals surface area contributed by atoms with E-state index in [4.69, 9.17) is 10.5 Å². The third-order valence-corrected chi connectivity index (χ3v) is 2.15. The van der Waals surface area contributed by atoms with Crippen molar-refractivity contribution < 1.29 is 14.2 Å². The van der Waals surface area contributed by atoms with E-state index < -0.39 is 11.4 Å². The minimum absolute atomic E-state index is 0.0918. The zero-order valence-electron chi connectivity index (χ0n) is 9.59. The van der Waals surface area contributed by atoms with Gasteiger partial charge in [0.05, 0.1) is 12.2 Å². The van der Waals surface area contributed by atoms with Gasteiger partial charge in [0, 0.05) is 18.5 Å². The van der Waals surface area contributed by atoms with Crippen molar-refractivity contribution in [1.82, 2.24) is 0 Å². The van der Waals surface area contributed by atoms with Crippen molar-refractivity contribution in [2.24, 2.45) is 5.73 Å². The molecule has 0 aromatic heterocycles. The number of benzene rings is 1. The first kappa shape index (κ1) is 12.9. The summed E-state index contributed by atoms with van der Waals surface area (Å²) in [5.74, 6) is -0.316. The fraction of sp³-hybridized carbons (Fsp3) is 0.500. The first-order valence-electron chi connectivity index (χ1n) is 5.18. The molecule has 0 saturated heterocycles. The lowest BCUT2D eigenvalue weighted by Gasteiger charge is -2.17. The van der Waals surface area contributed by atoms with E-state index in [1.807, 2.05) is 0 Å². The number of rotatable bonds is 5. The van der Waals surface area contributed by atoms with Crippen molar-refractivity contribution in [2.45, 2.75) is 32.4 Å². The molecule has 0 fully saturated rings. The summed E-state index contributed by atoms with van der Waals surface area (Å²) in [6, 6.07) is 5.78. The van der Waals surface area contributed by atoms with Gasteiger partial charge in [-0.25, -0.2) is 4.39 Å². The van der Waals surface area contributed by atoms with Crippen molar-refractivity contribution >= 4 is 0 Å². The van der Waals surface area contributed by atoms with Gasteiger partial charge in [0.25, 0.3) is 0 Å². The van der Waals surface area contributed by atoms with Gasteiger partial charge in [0.15, 0.2) is 11.6 Å². The summed E-state index contributed by atoms with van der Waals surface area (Å²) in [5.41, 5.74) is 4.85. The molecule has 0 aliphatic heterocycles. The van der Waals surface area contributed by atoms with Crippen LogP contribution in [0, 0.1) is 11.9 Å². The SMILES string of the molecule is CC(C)(O)CCOc1cc[c]c(CN)c1F. The Kier molecular flexibility index (Phi) is 4.26. The molecule has 0 unspecified atom stereocenters. The van der Waals surface area contributed by atoms with Crippen LogP contribution in [0.4, 0.5) is 4.39 Å². The van der Waals surface area contributed by atoms with E-state index in [-0.39, 0.29) is 18.9 Å². The second kappa shape index (κ2) is 5.27. The van der Waals surface area contributed by atoms with Crippen LogP contribution in [0.5, 0.6) is 5.75 Å². The summed E-state index contributed by atoms with van der Waals surface area (Å²) in [6.07, 6.45) is 0.434. The van der Waals surface area contributed by atoms with E-state index >= 15 is 0 Å². The highest BCUT2D eigenvalue weighted by Gasteiger charge is 2.13. The zero-order chi connectivity index (χ0) is 12.2. The summed E-state index contributed by atoms with van der Waals surface area (Å²) in [6.45, 7) is 3.70. The van der Waals surface area contributed by atoms with Gasteiger partial charge in [-0.3, -0.25) is 0 Å². The highest BCUT2D eigenvalue weighted by Crippen LogP contribution is 2.20. The van der Waals surface area contributed by atoms with Gasteiger partial charge in [0.1, 0.15) is 0 Å². The van der Waals surface area contributed by atoms with Gasteiger partial charge in [0.2, 0.25) is 0 Å². The molecular weight excluding hydrogens is 209 g/mol. The van der Waals surface area contributed by atoms with Crippen LogP contribution in [0.15, 0.2) is 12.1 Å². The molecule has 4 heteroatoms. The van der Waals surface area contributed by atoms with E-state index in [9.17, 15) is 9.50 Å². The highest BCUT2D eigenvalue weighted by molar-refractivity contribution is 5.30. The van der Waals surface area contributed by atoms with Gasteiger partial charge >= 0.3 is 0 Å². The quantitative estimate of drug-likeness (QED) is 0.802. The van der Waals surface area contributed by atoms with E-state index in [1.165, 1.54) is 6.07 Å². The van der Waals surface area contributed by atoms with Crippen molar-refractivity contribution in [3.05, 3.63) is 29.6 Å². The summed E-state index contributed by atoms with van der Waals surface area (Å²) in [4.78, 5) is 0. The summed E-state index contributed by atoms with van der Waals surface area (Å²) in [7, 11) is 0. The maximum atomic E-state index is 13.6. The molecule has 1 rings (SSSR count). The Bertz CT molecular complexity index is 347. The fourth-order valence-corrected chi connectivity index (χ4v) is 1.17. The van der Waals surface area contributed by atoms with Gasteiger partial charge in [-0.15, -0.1) is 0 Å². The Morgan fingerprint density at radius 2 is 2.25 bits per heavy atom. The second-order valence-corrected chi connectivity index (χ2v) is 4.25. The van der Waals surface area contributed by atoms with Gasteiger partial charge < -0.3 is 15.6 Å². The number of ether oxygens (including phenoxy) is 1. The molecule has 0 bridgehead atoms. The van der Waals surface area contributed by atoms with Gasteiger partial charge in [-0.05, 0) is 26.0 Å². The van der Waals surface area contributed by atoms with Crippen LogP contribution in [-0.2, 0) is 6.54 Å². The molecule has 0 heterocycles. The largest absolute Gasteiger partial charge is 0.490 e. The van der Waals surface area contributed by atoms with Crippen LogP contribution < -0.4 is 10.5 Å². The predicted molar refractivity (Wildman–Crippen MR) is 59.5 cm³/mol. The molecule has 0 spiro atoms. The standard InChI is InChI=1S/C12H17FNO2/c1-12(2,15)6-7-16-10-5-3-4-9(8-14)11(10)13/h3,5,15H,6-8,14H2,1-2H3. The minimum atomic E-state index is -0.811. The molecule has 0 saturated carbocycles. The Morgan fingerprint density at radius 3 is 2.81 bits per heavy atom. The molecule has 0 atom stereocenters. The molecule has 1 radical (unpaired) electrons. The lowest BCUT2D eigenvalue weighted by molar-refractivity contribution is 0.0547. The molecular formula is C12H17FNO2. The number of halogens is 1. The molecule has 1 aromatic rings. The molecule has 3 nitrogen and oxygen atoms in total. The summed E-state index contributed by atoms with van der Waals surface area (Å²) < 4.78 is 18.8. The van der Waals surface area contributed by atoms with Crippen LogP contribution in [0.2, 0.25) is 0 Å². The maximum absolute atomic E-state index is 13.6. The van der Waals surface area contributed by atoms with Crippen molar-refractivity contribution in [2.75, 3.05) is 6.61 Å². The van der Waals surface area contributed by atoms with Gasteiger partial charge in [-0.1, -0.05) is 6.07 Å². The van der Waals surface area contributed by atoms with E-state index in [2.05, 4.69) is 6.07 Å². The van der Waals surface area contributed by atoms with Crippen LogP contribution in [0.25, 0.3) is 0 Å².